The smallest absolute Gasteiger partial charge is 0.151 e. The van der Waals surface area contributed by atoms with Crippen molar-refractivity contribution in [2.75, 3.05) is 0 Å². The van der Waals surface area contributed by atoms with Gasteiger partial charge in [-0.3, -0.25) is 0 Å². The van der Waals surface area contributed by atoms with Crippen molar-refractivity contribution in [3.63, 3.8) is 0 Å². The number of hydrogen-bond acceptors (Lipinski definition) is 3. The zero-order valence-corrected chi connectivity index (χ0v) is 13.2. The van der Waals surface area contributed by atoms with E-state index >= 15 is 0 Å². The van der Waals surface area contributed by atoms with E-state index < -0.39 is 0 Å². The third-order valence-electron chi connectivity index (χ3n) is 3.32. The molecule has 5 heteroatoms. The first-order chi connectivity index (χ1) is 10.1. The minimum Gasteiger partial charge on any atom is -0.505 e. The predicted molar refractivity (Wildman–Crippen MR) is 87.0 cm³/mol. The molecule has 0 saturated carbocycles. The van der Waals surface area contributed by atoms with E-state index in [0.29, 0.717) is 21.2 Å². The van der Waals surface area contributed by atoms with E-state index in [9.17, 15) is 5.11 Å². The van der Waals surface area contributed by atoms with Crippen molar-refractivity contribution < 1.29 is 5.11 Å². The Morgan fingerprint density at radius 2 is 1.86 bits per heavy atom. The van der Waals surface area contributed by atoms with Crippen LogP contribution in [0.25, 0.3) is 11.1 Å². The van der Waals surface area contributed by atoms with Crippen LogP contribution in [0.1, 0.15) is 25.3 Å². The fourth-order valence-corrected chi connectivity index (χ4v) is 2.83. The van der Waals surface area contributed by atoms with E-state index in [1.807, 2.05) is 6.07 Å². The van der Waals surface area contributed by atoms with Gasteiger partial charge < -0.3 is 5.11 Å². The third kappa shape index (κ3) is 3.36. The fraction of sp³-hybridized carbons (Fsp3) is 0.250. The monoisotopic (exact) mass is 322 g/mol. The van der Waals surface area contributed by atoms with Gasteiger partial charge in [-0.15, -0.1) is 0 Å². The van der Waals surface area contributed by atoms with Gasteiger partial charge in [0.05, 0.1) is 10.0 Å². The average Bonchev–Trinajstić information content (AvgIpc) is 2.47. The third-order valence-corrected chi connectivity index (χ3v) is 3.95. The molecule has 0 radical (unpaired) electrons. The van der Waals surface area contributed by atoms with E-state index in [1.165, 1.54) is 0 Å². The van der Waals surface area contributed by atoms with Gasteiger partial charge in [0.1, 0.15) is 5.69 Å². The second-order valence-corrected chi connectivity index (χ2v) is 5.64. The maximum absolute atomic E-state index is 10.3. The van der Waals surface area contributed by atoms with Gasteiger partial charge in [-0.2, -0.15) is 5.11 Å². The Hall–Kier alpha value is -1.58. The zero-order chi connectivity index (χ0) is 15.4. The summed E-state index contributed by atoms with van der Waals surface area (Å²) in [7, 11) is 0. The van der Waals surface area contributed by atoms with E-state index in [0.717, 1.165) is 24.8 Å². The summed E-state index contributed by atoms with van der Waals surface area (Å²) in [6.45, 7) is 2.11. The van der Waals surface area contributed by atoms with E-state index in [2.05, 4.69) is 12.0 Å². The lowest BCUT2D eigenvalue weighted by atomic mass is 9.98. The number of nitrogens with one attached hydrogen (secondary N) is 1. The molecular weight excluding hydrogens is 307 g/mol. The minimum atomic E-state index is -0.0692. The molecule has 0 unspecified atom stereocenters. The highest BCUT2D eigenvalue weighted by atomic mass is 35.5. The Morgan fingerprint density at radius 1 is 1.19 bits per heavy atom. The lowest BCUT2D eigenvalue weighted by Crippen LogP contribution is -1.89. The summed E-state index contributed by atoms with van der Waals surface area (Å²) in [5, 5.41) is 14.6. The molecule has 110 valence electrons. The molecule has 21 heavy (non-hydrogen) atoms. The first kappa shape index (κ1) is 15.8. The standard InChI is InChI=1S/C16H16Cl2N2O/c1-2-3-5-10-8-11(16(21)14(9-10)20-19)15-12(17)6-4-7-13(15)18/h4,6-9,19,21H,2-3,5H2,1H3. The van der Waals surface area contributed by atoms with E-state index in [4.69, 9.17) is 28.7 Å². The molecule has 0 fully saturated rings. The van der Waals surface area contributed by atoms with Crippen LogP contribution in [0.5, 0.6) is 5.75 Å². The molecule has 3 nitrogen and oxygen atoms in total. The van der Waals surface area contributed by atoms with Crippen molar-refractivity contribution in [2.45, 2.75) is 26.2 Å². The van der Waals surface area contributed by atoms with Gasteiger partial charge in [-0.25, -0.2) is 5.53 Å². The fourth-order valence-electron chi connectivity index (χ4n) is 2.23. The van der Waals surface area contributed by atoms with Crippen molar-refractivity contribution in [2.24, 2.45) is 5.11 Å². The summed E-state index contributed by atoms with van der Waals surface area (Å²) >= 11 is 12.4. The van der Waals surface area contributed by atoms with Crippen LogP contribution < -0.4 is 0 Å². The predicted octanol–water partition coefficient (Wildman–Crippen LogP) is 6.37. The Labute approximate surface area is 134 Å². The normalized spacial score (nSPS) is 10.6. The summed E-state index contributed by atoms with van der Waals surface area (Å²) in [5.41, 5.74) is 9.55. The number of nitrogens with zero attached hydrogens (tertiary/aromatic N) is 1. The molecule has 2 aromatic carbocycles. The minimum absolute atomic E-state index is 0.0692. The summed E-state index contributed by atoms with van der Waals surface area (Å²) in [4.78, 5) is 0. The molecule has 0 amide bonds. The number of phenolic OH excluding ortho intramolecular Hbond substituents is 1. The number of phenols is 1. The molecule has 0 atom stereocenters. The van der Waals surface area contributed by atoms with Gasteiger partial charge in [0.25, 0.3) is 0 Å². The number of rotatable bonds is 5. The van der Waals surface area contributed by atoms with Crippen molar-refractivity contribution >= 4 is 28.9 Å². The highest BCUT2D eigenvalue weighted by molar-refractivity contribution is 6.39. The van der Waals surface area contributed by atoms with Crippen LogP contribution in [-0.2, 0) is 6.42 Å². The van der Waals surface area contributed by atoms with Gasteiger partial charge in [0.15, 0.2) is 5.75 Å². The van der Waals surface area contributed by atoms with Gasteiger partial charge in [-0.05, 0) is 42.7 Å². The quantitative estimate of drug-likeness (QED) is 0.617. The molecule has 0 aromatic heterocycles. The van der Waals surface area contributed by atoms with Crippen LogP contribution in [0.4, 0.5) is 5.69 Å². The highest BCUT2D eigenvalue weighted by Gasteiger charge is 2.16. The second kappa shape index (κ2) is 6.92. The van der Waals surface area contributed by atoms with Crippen LogP contribution in [0.15, 0.2) is 35.4 Å². The van der Waals surface area contributed by atoms with Gasteiger partial charge in [0, 0.05) is 11.1 Å². The molecule has 0 heterocycles. The SMILES string of the molecule is CCCCc1cc(N=N)c(O)c(-c2c(Cl)cccc2Cl)c1. The van der Waals surface area contributed by atoms with Crippen molar-refractivity contribution in [1.82, 2.24) is 0 Å². The van der Waals surface area contributed by atoms with Crippen LogP contribution in [0.2, 0.25) is 10.0 Å². The summed E-state index contributed by atoms with van der Waals surface area (Å²) in [6, 6.07) is 8.79. The van der Waals surface area contributed by atoms with Gasteiger partial charge in [0.2, 0.25) is 0 Å². The van der Waals surface area contributed by atoms with Crippen molar-refractivity contribution in [3.05, 3.63) is 45.9 Å². The largest absolute Gasteiger partial charge is 0.505 e. The number of aryl methyl sites for hydroxylation is 1. The maximum Gasteiger partial charge on any atom is 0.151 e. The molecule has 2 rings (SSSR count). The Balaban J connectivity index is 2.64. The average molecular weight is 323 g/mol. The molecule has 0 aliphatic carbocycles. The van der Waals surface area contributed by atoms with Crippen molar-refractivity contribution in [1.29, 1.82) is 5.53 Å². The number of unbranched alkanes of at least 4 members (excludes halogenated alkanes) is 1. The second-order valence-electron chi connectivity index (χ2n) is 4.82. The number of hydrogen-bond donors (Lipinski definition) is 2. The molecule has 0 spiro atoms. The summed E-state index contributed by atoms with van der Waals surface area (Å²) in [5.74, 6) is -0.0692. The van der Waals surface area contributed by atoms with Gasteiger partial charge >= 0.3 is 0 Å². The Morgan fingerprint density at radius 3 is 2.43 bits per heavy atom. The van der Waals surface area contributed by atoms with Crippen LogP contribution in [0, 0.1) is 5.53 Å². The van der Waals surface area contributed by atoms with Crippen molar-refractivity contribution in [3.8, 4) is 16.9 Å². The topological polar surface area (TPSA) is 56.4 Å². The molecule has 2 aromatic rings. The van der Waals surface area contributed by atoms with Crippen LogP contribution >= 0.6 is 23.2 Å². The molecule has 2 N–H and O–H groups in total. The highest BCUT2D eigenvalue weighted by Crippen LogP contribution is 2.44. The van der Waals surface area contributed by atoms with E-state index in [1.54, 1.807) is 24.3 Å². The summed E-state index contributed by atoms with van der Waals surface area (Å²) < 4.78 is 0. The van der Waals surface area contributed by atoms with Crippen LogP contribution in [-0.4, -0.2) is 5.11 Å². The molecular formula is C16H16Cl2N2O. The first-order valence-electron chi connectivity index (χ1n) is 6.76. The lowest BCUT2D eigenvalue weighted by Gasteiger charge is -2.13. The first-order valence-corrected chi connectivity index (χ1v) is 7.51. The summed E-state index contributed by atoms with van der Waals surface area (Å²) in [6.07, 6.45) is 2.95. The maximum atomic E-state index is 10.3. The Kier molecular flexibility index (Phi) is 5.21. The van der Waals surface area contributed by atoms with Crippen LogP contribution in [0.3, 0.4) is 0 Å². The number of benzene rings is 2. The molecule has 0 saturated heterocycles. The van der Waals surface area contributed by atoms with Gasteiger partial charge in [-0.1, -0.05) is 42.6 Å². The molecule has 0 aliphatic heterocycles. The number of aromatic hydroxyl groups is 1. The lowest BCUT2D eigenvalue weighted by molar-refractivity contribution is 0.478. The number of halogens is 2. The van der Waals surface area contributed by atoms with E-state index in [-0.39, 0.29) is 11.4 Å². The molecule has 0 bridgehead atoms. The zero-order valence-electron chi connectivity index (χ0n) is 11.7. The Bertz CT molecular complexity index is 651. The molecule has 0 aliphatic rings.